The highest BCUT2D eigenvalue weighted by molar-refractivity contribution is 5.98. The summed E-state index contributed by atoms with van der Waals surface area (Å²) in [4.78, 5) is 19.1. The van der Waals surface area contributed by atoms with E-state index in [9.17, 15) is 14.3 Å². The fraction of sp³-hybridized carbons (Fsp3) is 0.333. The molecule has 188 valence electrons. The van der Waals surface area contributed by atoms with Gasteiger partial charge in [0.1, 0.15) is 12.4 Å². The Labute approximate surface area is 212 Å². The first-order valence-corrected chi connectivity index (χ1v) is 12.4. The molecule has 3 aromatic carbocycles. The number of carboxylic acid groups (broad SMARTS) is 1. The predicted molar refractivity (Wildman–Crippen MR) is 140 cm³/mol. The molecular weight excluding hydrogens is 455 g/mol. The highest BCUT2D eigenvalue weighted by Gasteiger charge is 2.28. The van der Waals surface area contributed by atoms with Gasteiger partial charge in [0, 0.05) is 18.7 Å². The Kier molecular flexibility index (Phi) is 8.16. The van der Waals surface area contributed by atoms with Crippen molar-refractivity contribution in [1.82, 2.24) is 4.90 Å². The van der Waals surface area contributed by atoms with E-state index in [1.165, 1.54) is 17.2 Å². The van der Waals surface area contributed by atoms with E-state index in [0.29, 0.717) is 25.1 Å². The minimum absolute atomic E-state index is 0.229. The Morgan fingerprint density at radius 1 is 1.11 bits per heavy atom. The lowest BCUT2D eigenvalue weighted by molar-refractivity contribution is -0.141. The molecule has 0 spiro atoms. The molecule has 0 bridgehead atoms. The third kappa shape index (κ3) is 6.00. The largest absolute Gasteiger partial charge is 0.481 e. The Balaban J connectivity index is 1.39. The van der Waals surface area contributed by atoms with Crippen LogP contribution in [0, 0.1) is 18.7 Å². The average Bonchev–Trinajstić information content (AvgIpc) is 3.34. The minimum Gasteiger partial charge on any atom is -0.481 e. The number of nitrogens with zero attached hydrogens (tertiary/aromatic N) is 2. The zero-order chi connectivity index (χ0) is 25.7. The number of carboxylic acids is 1. The summed E-state index contributed by atoms with van der Waals surface area (Å²) >= 11 is 0. The van der Waals surface area contributed by atoms with Gasteiger partial charge in [-0.05, 0) is 78.7 Å². The number of oxime groups is 1. The topological polar surface area (TPSA) is 62.1 Å². The Bertz CT molecular complexity index is 1270. The predicted octanol–water partition coefficient (Wildman–Crippen LogP) is 6.21. The lowest BCUT2D eigenvalue weighted by Gasteiger charge is -2.18. The number of benzene rings is 3. The van der Waals surface area contributed by atoms with Crippen molar-refractivity contribution in [2.45, 2.75) is 46.8 Å². The molecule has 0 aliphatic carbocycles. The quantitative estimate of drug-likeness (QED) is 0.287. The SMILES string of the molecule is CCc1cc(/C(C)=N/OCc2ccc(-c3ccccc3F)c(C)c2)ccc1CN1CC[C@H](C(=O)O)C1. The first kappa shape index (κ1) is 25.6. The van der Waals surface area contributed by atoms with Crippen molar-refractivity contribution >= 4 is 11.7 Å². The summed E-state index contributed by atoms with van der Waals surface area (Å²) in [6.07, 6.45) is 1.60. The Morgan fingerprint density at radius 2 is 1.92 bits per heavy atom. The molecule has 1 fully saturated rings. The molecule has 6 heteroatoms. The number of carbonyl (C=O) groups is 1. The van der Waals surface area contributed by atoms with Crippen LogP contribution >= 0.6 is 0 Å². The highest BCUT2D eigenvalue weighted by atomic mass is 19.1. The molecule has 1 heterocycles. The van der Waals surface area contributed by atoms with Gasteiger partial charge in [-0.1, -0.05) is 60.6 Å². The van der Waals surface area contributed by atoms with Crippen LogP contribution in [0.5, 0.6) is 0 Å². The van der Waals surface area contributed by atoms with Gasteiger partial charge < -0.3 is 9.94 Å². The summed E-state index contributed by atoms with van der Waals surface area (Å²) in [7, 11) is 0. The molecule has 1 atom stereocenters. The summed E-state index contributed by atoms with van der Waals surface area (Å²) in [6, 6.07) is 19.0. The van der Waals surface area contributed by atoms with Gasteiger partial charge in [-0.15, -0.1) is 0 Å². The lowest BCUT2D eigenvalue weighted by atomic mass is 9.98. The lowest BCUT2D eigenvalue weighted by Crippen LogP contribution is -2.23. The van der Waals surface area contributed by atoms with Crippen LogP contribution in [0.2, 0.25) is 0 Å². The molecule has 3 aromatic rings. The normalized spacial score (nSPS) is 16.3. The molecule has 1 aliphatic rings. The van der Waals surface area contributed by atoms with Gasteiger partial charge >= 0.3 is 5.97 Å². The van der Waals surface area contributed by atoms with Crippen molar-refractivity contribution in [3.63, 3.8) is 0 Å². The molecule has 0 aromatic heterocycles. The number of aliphatic carboxylic acids is 1. The van der Waals surface area contributed by atoms with E-state index < -0.39 is 5.97 Å². The number of rotatable bonds is 9. The van der Waals surface area contributed by atoms with Crippen LogP contribution in [0.3, 0.4) is 0 Å². The summed E-state index contributed by atoms with van der Waals surface area (Å²) in [5.41, 5.74) is 7.69. The number of hydrogen-bond donors (Lipinski definition) is 1. The van der Waals surface area contributed by atoms with E-state index in [-0.39, 0.29) is 11.7 Å². The molecule has 0 radical (unpaired) electrons. The zero-order valence-corrected chi connectivity index (χ0v) is 21.1. The van der Waals surface area contributed by atoms with Crippen LogP contribution in [0.25, 0.3) is 11.1 Å². The maximum atomic E-state index is 14.2. The van der Waals surface area contributed by atoms with E-state index in [0.717, 1.165) is 47.5 Å². The number of hydrogen-bond acceptors (Lipinski definition) is 4. The van der Waals surface area contributed by atoms with E-state index in [2.05, 4.69) is 35.2 Å². The monoisotopic (exact) mass is 488 g/mol. The van der Waals surface area contributed by atoms with Crippen molar-refractivity contribution in [3.8, 4) is 11.1 Å². The first-order valence-electron chi connectivity index (χ1n) is 12.4. The van der Waals surface area contributed by atoms with Crippen molar-refractivity contribution in [3.05, 3.63) is 94.3 Å². The van der Waals surface area contributed by atoms with E-state index in [1.54, 1.807) is 12.1 Å². The smallest absolute Gasteiger partial charge is 0.307 e. The maximum Gasteiger partial charge on any atom is 0.307 e. The van der Waals surface area contributed by atoms with Gasteiger partial charge in [0.15, 0.2) is 0 Å². The number of likely N-dealkylation sites (tertiary alicyclic amines) is 1. The molecule has 0 amide bonds. The highest BCUT2D eigenvalue weighted by Crippen LogP contribution is 2.27. The first-order chi connectivity index (χ1) is 17.4. The van der Waals surface area contributed by atoms with E-state index >= 15 is 0 Å². The van der Waals surface area contributed by atoms with Crippen molar-refractivity contribution in [2.24, 2.45) is 11.1 Å². The minimum atomic E-state index is -0.702. The summed E-state index contributed by atoms with van der Waals surface area (Å²) in [5, 5.41) is 13.6. The van der Waals surface area contributed by atoms with Crippen molar-refractivity contribution in [1.29, 1.82) is 0 Å². The van der Waals surface area contributed by atoms with Crippen LogP contribution in [0.4, 0.5) is 4.39 Å². The molecule has 1 aliphatic heterocycles. The zero-order valence-electron chi connectivity index (χ0n) is 21.1. The summed E-state index contributed by atoms with van der Waals surface area (Å²) < 4.78 is 14.2. The summed E-state index contributed by atoms with van der Waals surface area (Å²) in [5.74, 6) is -1.20. The van der Waals surface area contributed by atoms with Gasteiger partial charge in [-0.2, -0.15) is 0 Å². The average molecular weight is 489 g/mol. The fourth-order valence-electron chi connectivity index (χ4n) is 4.81. The number of aryl methyl sites for hydroxylation is 2. The standard InChI is InChI=1S/C30H33FN2O3/c1-4-23-16-24(10-11-25(23)17-33-14-13-26(18-33)30(34)35)21(3)32-36-19-22-9-12-27(20(2)15-22)28-7-5-6-8-29(28)31/h5-12,15-16,26H,4,13-14,17-19H2,1-3H3,(H,34,35)/b32-21+/t26-/m0/s1. The van der Waals surface area contributed by atoms with Gasteiger partial charge in [0.05, 0.1) is 11.6 Å². The summed E-state index contributed by atoms with van der Waals surface area (Å²) in [6.45, 7) is 8.54. The molecule has 1 saturated heterocycles. The van der Waals surface area contributed by atoms with Gasteiger partial charge in [-0.25, -0.2) is 4.39 Å². The third-order valence-electron chi connectivity index (χ3n) is 6.91. The van der Waals surface area contributed by atoms with E-state index in [4.69, 9.17) is 4.84 Å². The third-order valence-corrected chi connectivity index (χ3v) is 6.91. The molecule has 1 N–H and O–H groups in total. The Hall–Kier alpha value is -3.51. The molecule has 36 heavy (non-hydrogen) atoms. The molecule has 0 unspecified atom stereocenters. The second-order valence-electron chi connectivity index (χ2n) is 9.48. The maximum absolute atomic E-state index is 14.2. The fourth-order valence-corrected chi connectivity index (χ4v) is 4.81. The molecular formula is C30H33FN2O3. The van der Waals surface area contributed by atoms with Crippen LogP contribution in [-0.4, -0.2) is 34.8 Å². The van der Waals surface area contributed by atoms with Crippen LogP contribution in [0.15, 0.2) is 65.8 Å². The van der Waals surface area contributed by atoms with Gasteiger partial charge in [0.25, 0.3) is 0 Å². The molecule has 5 nitrogen and oxygen atoms in total. The van der Waals surface area contributed by atoms with Crippen molar-refractivity contribution in [2.75, 3.05) is 13.1 Å². The van der Waals surface area contributed by atoms with Crippen LogP contribution in [-0.2, 0) is 29.2 Å². The van der Waals surface area contributed by atoms with Gasteiger partial charge in [0.2, 0.25) is 0 Å². The molecule has 4 rings (SSSR count). The van der Waals surface area contributed by atoms with Crippen LogP contribution in [0.1, 0.15) is 48.1 Å². The second kappa shape index (κ2) is 11.5. The van der Waals surface area contributed by atoms with Crippen molar-refractivity contribution < 1.29 is 19.1 Å². The molecule has 0 saturated carbocycles. The van der Waals surface area contributed by atoms with Gasteiger partial charge in [-0.3, -0.25) is 9.69 Å². The van der Waals surface area contributed by atoms with E-state index in [1.807, 2.05) is 38.1 Å². The van der Waals surface area contributed by atoms with Crippen LogP contribution < -0.4 is 0 Å². The number of halogens is 1. The second-order valence-corrected chi connectivity index (χ2v) is 9.48. The Morgan fingerprint density at radius 3 is 2.61 bits per heavy atom.